The molecule has 0 atom stereocenters. The fraction of sp³-hybridized carbons (Fsp3) is 0.412. The van der Waals surface area contributed by atoms with Crippen molar-refractivity contribution in [3.05, 3.63) is 51.8 Å². The van der Waals surface area contributed by atoms with Crippen LogP contribution in [0.5, 0.6) is 0 Å². The molecule has 0 spiro atoms. The number of rotatable bonds is 5. The lowest BCUT2D eigenvalue weighted by atomic mass is 10.0. The van der Waals surface area contributed by atoms with Crippen LogP contribution in [0, 0.1) is 19.8 Å². The van der Waals surface area contributed by atoms with Gasteiger partial charge in [0.2, 0.25) is 0 Å². The molecule has 0 saturated carbocycles. The maximum absolute atomic E-state index is 12.5. The number of aryl methyl sites for hydroxylation is 1. The van der Waals surface area contributed by atoms with Crippen LogP contribution in [0.4, 0.5) is 0 Å². The average molecular weight is 333 g/mol. The molecule has 23 heavy (non-hydrogen) atoms. The standard InChI is InChI=1S/C17H21ClN4O/c1-11-16(17(23)20-9-13-7-19-8-13)12(2)22(21-11)10-14-5-3-4-6-15(14)18/h3-6,13,19H,7-10H2,1-2H3,(H,20,23). The Morgan fingerprint density at radius 3 is 2.78 bits per heavy atom. The smallest absolute Gasteiger partial charge is 0.255 e. The molecule has 2 N–H and O–H groups in total. The molecule has 0 unspecified atom stereocenters. The molecule has 5 nitrogen and oxygen atoms in total. The number of hydrogen-bond acceptors (Lipinski definition) is 3. The zero-order valence-corrected chi connectivity index (χ0v) is 14.2. The lowest BCUT2D eigenvalue weighted by Crippen LogP contribution is -2.48. The van der Waals surface area contributed by atoms with Crippen LogP contribution in [0.1, 0.15) is 27.3 Å². The van der Waals surface area contributed by atoms with Crippen LogP contribution < -0.4 is 10.6 Å². The van der Waals surface area contributed by atoms with E-state index in [1.54, 1.807) is 0 Å². The van der Waals surface area contributed by atoms with Gasteiger partial charge in [0.05, 0.1) is 17.8 Å². The van der Waals surface area contributed by atoms with Crippen LogP contribution in [0.2, 0.25) is 5.02 Å². The van der Waals surface area contributed by atoms with Crippen LogP contribution in [0.3, 0.4) is 0 Å². The Labute approximate surface area is 141 Å². The Morgan fingerprint density at radius 1 is 1.39 bits per heavy atom. The summed E-state index contributed by atoms with van der Waals surface area (Å²) in [5.74, 6) is 0.495. The van der Waals surface area contributed by atoms with Crippen LogP contribution in [-0.2, 0) is 6.54 Å². The largest absolute Gasteiger partial charge is 0.352 e. The molecule has 6 heteroatoms. The summed E-state index contributed by atoms with van der Waals surface area (Å²) in [5.41, 5.74) is 3.28. The van der Waals surface area contributed by atoms with Gasteiger partial charge in [-0.15, -0.1) is 0 Å². The van der Waals surface area contributed by atoms with Crippen LogP contribution in [-0.4, -0.2) is 35.3 Å². The monoisotopic (exact) mass is 332 g/mol. The third-order valence-electron chi connectivity index (χ3n) is 4.30. The van der Waals surface area contributed by atoms with Gasteiger partial charge < -0.3 is 10.6 Å². The van der Waals surface area contributed by atoms with E-state index in [1.807, 2.05) is 42.8 Å². The normalized spacial score (nSPS) is 14.6. The zero-order chi connectivity index (χ0) is 16.4. The topological polar surface area (TPSA) is 59.0 Å². The van der Waals surface area contributed by atoms with Gasteiger partial charge in [0, 0.05) is 36.3 Å². The summed E-state index contributed by atoms with van der Waals surface area (Å²) in [5, 5.41) is 11.4. The second-order valence-corrected chi connectivity index (χ2v) is 6.44. The molecule has 2 heterocycles. The minimum Gasteiger partial charge on any atom is -0.352 e. The number of carbonyl (C=O) groups excluding carboxylic acids is 1. The number of nitrogens with zero attached hydrogens (tertiary/aromatic N) is 2. The molecule has 1 amide bonds. The quantitative estimate of drug-likeness (QED) is 0.882. The summed E-state index contributed by atoms with van der Waals surface area (Å²) in [7, 11) is 0. The van der Waals surface area contributed by atoms with Crippen molar-refractivity contribution in [2.24, 2.45) is 5.92 Å². The fourth-order valence-corrected chi connectivity index (χ4v) is 2.98. The minimum absolute atomic E-state index is 0.0442. The van der Waals surface area contributed by atoms with Gasteiger partial charge in [-0.25, -0.2) is 0 Å². The molecule has 0 bridgehead atoms. The predicted octanol–water partition coefficient (Wildman–Crippen LogP) is 2.15. The van der Waals surface area contributed by atoms with Crippen molar-refractivity contribution < 1.29 is 4.79 Å². The van der Waals surface area contributed by atoms with Crippen molar-refractivity contribution in [3.8, 4) is 0 Å². The lowest BCUT2D eigenvalue weighted by Gasteiger charge is -2.27. The highest BCUT2D eigenvalue weighted by atomic mass is 35.5. The molecule has 1 aliphatic rings. The van der Waals surface area contributed by atoms with Gasteiger partial charge in [0.25, 0.3) is 5.91 Å². The number of aromatic nitrogens is 2. The van der Waals surface area contributed by atoms with E-state index in [9.17, 15) is 4.79 Å². The van der Waals surface area contributed by atoms with Gasteiger partial charge in [-0.05, 0) is 25.5 Å². The number of carbonyl (C=O) groups is 1. The number of amides is 1. The third-order valence-corrected chi connectivity index (χ3v) is 4.67. The summed E-state index contributed by atoms with van der Waals surface area (Å²) < 4.78 is 1.84. The SMILES string of the molecule is Cc1nn(Cc2ccccc2Cl)c(C)c1C(=O)NCC1CNC1. The first kappa shape index (κ1) is 16.0. The summed E-state index contributed by atoms with van der Waals surface area (Å²) in [4.78, 5) is 12.5. The van der Waals surface area contributed by atoms with Crippen molar-refractivity contribution in [2.75, 3.05) is 19.6 Å². The fourth-order valence-electron chi connectivity index (χ4n) is 2.79. The van der Waals surface area contributed by atoms with E-state index >= 15 is 0 Å². The van der Waals surface area contributed by atoms with Crippen molar-refractivity contribution in [2.45, 2.75) is 20.4 Å². The van der Waals surface area contributed by atoms with E-state index in [1.165, 1.54) is 0 Å². The van der Waals surface area contributed by atoms with Gasteiger partial charge in [-0.2, -0.15) is 5.10 Å². The molecule has 1 aliphatic heterocycles. The minimum atomic E-state index is -0.0442. The van der Waals surface area contributed by atoms with Crippen molar-refractivity contribution in [1.29, 1.82) is 0 Å². The van der Waals surface area contributed by atoms with Gasteiger partial charge in [0.1, 0.15) is 0 Å². The van der Waals surface area contributed by atoms with E-state index in [4.69, 9.17) is 11.6 Å². The highest BCUT2D eigenvalue weighted by Crippen LogP contribution is 2.19. The molecule has 3 rings (SSSR count). The third kappa shape index (κ3) is 3.41. The molecule has 0 aliphatic carbocycles. The summed E-state index contributed by atoms with van der Waals surface area (Å²) >= 11 is 6.22. The van der Waals surface area contributed by atoms with E-state index in [-0.39, 0.29) is 5.91 Å². The molecule has 2 aromatic rings. The van der Waals surface area contributed by atoms with Gasteiger partial charge in [-0.1, -0.05) is 29.8 Å². The lowest BCUT2D eigenvalue weighted by molar-refractivity contribution is 0.0941. The van der Waals surface area contributed by atoms with Crippen LogP contribution >= 0.6 is 11.6 Å². The number of hydrogen-bond donors (Lipinski definition) is 2. The van der Waals surface area contributed by atoms with Gasteiger partial charge in [0.15, 0.2) is 0 Å². The van der Waals surface area contributed by atoms with Crippen molar-refractivity contribution >= 4 is 17.5 Å². The molecular weight excluding hydrogens is 312 g/mol. The second kappa shape index (κ2) is 6.72. The van der Waals surface area contributed by atoms with Gasteiger partial charge >= 0.3 is 0 Å². The second-order valence-electron chi connectivity index (χ2n) is 6.03. The van der Waals surface area contributed by atoms with Gasteiger partial charge in [-0.3, -0.25) is 9.48 Å². The van der Waals surface area contributed by atoms with E-state index < -0.39 is 0 Å². The molecule has 122 valence electrons. The summed E-state index contributed by atoms with van der Waals surface area (Å²) in [6, 6.07) is 7.69. The first-order chi connectivity index (χ1) is 11.1. The number of nitrogens with one attached hydrogen (secondary N) is 2. The maximum Gasteiger partial charge on any atom is 0.255 e. The summed E-state index contributed by atoms with van der Waals surface area (Å²) in [6.07, 6.45) is 0. The maximum atomic E-state index is 12.5. The van der Waals surface area contributed by atoms with E-state index in [0.717, 1.165) is 30.0 Å². The molecule has 1 aromatic carbocycles. The molecule has 1 fully saturated rings. The van der Waals surface area contributed by atoms with Crippen LogP contribution in [0.15, 0.2) is 24.3 Å². The molecule has 0 radical (unpaired) electrons. The Kier molecular flexibility index (Phi) is 4.68. The average Bonchev–Trinajstić information content (AvgIpc) is 2.74. The van der Waals surface area contributed by atoms with E-state index in [0.29, 0.717) is 29.6 Å². The Morgan fingerprint density at radius 2 is 2.13 bits per heavy atom. The Bertz CT molecular complexity index is 721. The van der Waals surface area contributed by atoms with Crippen molar-refractivity contribution in [3.63, 3.8) is 0 Å². The number of benzene rings is 1. The number of halogens is 1. The van der Waals surface area contributed by atoms with E-state index in [2.05, 4.69) is 15.7 Å². The zero-order valence-electron chi connectivity index (χ0n) is 13.4. The Hall–Kier alpha value is -1.85. The highest BCUT2D eigenvalue weighted by molar-refractivity contribution is 6.31. The highest BCUT2D eigenvalue weighted by Gasteiger charge is 2.22. The summed E-state index contributed by atoms with van der Waals surface area (Å²) in [6.45, 7) is 7.02. The first-order valence-corrected chi connectivity index (χ1v) is 8.20. The van der Waals surface area contributed by atoms with Crippen molar-refractivity contribution in [1.82, 2.24) is 20.4 Å². The Balaban J connectivity index is 1.76. The molecular formula is C17H21ClN4O. The molecule has 1 aromatic heterocycles. The van der Waals surface area contributed by atoms with Crippen LogP contribution in [0.25, 0.3) is 0 Å². The predicted molar refractivity (Wildman–Crippen MR) is 90.9 cm³/mol. The molecule has 1 saturated heterocycles. The first-order valence-electron chi connectivity index (χ1n) is 7.82.